The monoisotopic (exact) mass is 850 g/mol. The number of benzene rings is 5. The molecule has 7 aromatic rings. The molecule has 1 aliphatic carbocycles. The number of hydrogen-bond acceptors (Lipinski definition) is 7. The number of aromatic hydroxyl groups is 1. The van der Waals surface area contributed by atoms with E-state index in [9.17, 15) is 23.1 Å². The van der Waals surface area contributed by atoms with Gasteiger partial charge in [-0.1, -0.05) is 91.0 Å². The number of halogens is 3. The van der Waals surface area contributed by atoms with Gasteiger partial charge in [0.05, 0.1) is 28.8 Å². The fraction of sp³-hybridized carbons (Fsp3) is 0.314. The number of para-hydroxylation sites is 2. The van der Waals surface area contributed by atoms with Crippen molar-refractivity contribution in [2.45, 2.75) is 62.8 Å². The fourth-order valence-corrected chi connectivity index (χ4v) is 10.4. The minimum atomic E-state index is -4.92. The molecule has 5 aromatic carbocycles. The van der Waals surface area contributed by atoms with E-state index in [0.29, 0.717) is 29.2 Å². The van der Waals surface area contributed by atoms with E-state index in [1.165, 1.54) is 46.0 Å². The van der Waals surface area contributed by atoms with E-state index in [1.54, 1.807) is 0 Å². The van der Waals surface area contributed by atoms with Gasteiger partial charge < -0.3 is 25.0 Å². The van der Waals surface area contributed by atoms with Gasteiger partial charge in [-0.05, 0) is 127 Å². The van der Waals surface area contributed by atoms with Gasteiger partial charge in [-0.3, -0.25) is 4.79 Å². The van der Waals surface area contributed by atoms with Crippen molar-refractivity contribution < 1.29 is 27.8 Å². The summed E-state index contributed by atoms with van der Waals surface area (Å²) < 4.78 is 45.0. The van der Waals surface area contributed by atoms with Crippen molar-refractivity contribution >= 4 is 28.3 Å². The molecule has 2 aliphatic heterocycles. The Morgan fingerprint density at radius 2 is 1.54 bits per heavy atom. The first-order chi connectivity index (χ1) is 30.6. The van der Waals surface area contributed by atoms with Crippen LogP contribution in [0.4, 0.5) is 19.1 Å². The number of nitrogens with zero attached hydrogens (tertiary/aromatic N) is 5. The molecule has 2 saturated heterocycles. The number of carbonyl (C=O) groups excluding carboxylic acids is 1. The SMILES string of the molecule is O=C(NCc1cc2c3ccccc3nc(N3CC[C@@H](CN4CCC(c5ccc([C@@H]6c7ccc(O)cc7CC[C@@H]6c6ccccc6)cc5)CC4)C3)n2n1)c1ccccc1OC(F)(F)F. The number of aryl methyl sites for hydroxylation is 1. The topological polar surface area (TPSA) is 95.2 Å². The third-order valence-electron chi connectivity index (χ3n) is 13.4. The van der Waals surface area contributed by atoms with Crippen LogP contribution >= 0.6 is 0 Å². The van der Waals surface area contributed by atoms with Crippen molar-refractivity contribution in [3.8, 4) is 11.5 Å². The predicted octanol–water partition coefficient (Wildman–Crippen LogP) is 9.98. The highest BCUT2D eigenvalue weighted by Gasteiger charge is 2.35. The van der Waals surface area contributed by atoms with Gasteiger partial charge in [-0.25, -0.2) is 4.98 Å². The minimum absolute atomic E-state index is 0.00719. The molecule has 2 aromatic heterocycles. The van der Waals surface area contributed by atoms with Crippen molar-refractivity contribution in [1.82, 2.24) is 24.8 Å². The Hall–Kier alpha value is -6.40. The first-order valence-electron chi connectivity index (χ1n) is 22.0. The average Bonchev–Trinajstić information content (AvgIpc) is 3.96. The van der Waals surface area contributed by atoms with Crippen LogP contribution in [0.5, 0.6) is 11.5 Å². The quantitative estimate of drug-likeness (QED) is 0.142. The van der Waals surface area contributed by atoms with E-state index < -0.39 is 18.0 Å². The van der Waals surface area contributed by atoms with Crippen LogP contribution in [0.1, 0.15) is 87.3 Å². The van der Waals surface area contributed by atoms with Gasteiger partial charge in [0.15, 0.2) is 0 Å². The van der Waals surface area contributed by atoms with Crippen LogP contribution in [0.15, 0.2) is 127 Å². The Labute approximate surface area is 364 Å². The molecule has 3 atom stereocenters. The molecule has 0 saturated carbocycles. The number of anilines is 1. The third kappa shape index (κ3) is 8.56. The van der Waals surface area contributed by atoms with Crippen LogP contribution in [0.2, 0.25) is 0 Å². The lowest BCUT2D eigenvalue weighted by Gasteiger charge is -2.35. The van der Waals surface area contributed by atoms with Crippen LogP contribution in [0.25, 0.3) is 16.4 Å². The number of rotatable bonds is 10. The second-order valence-corrected chi connectivity index (χ2v) is 17.3. The molecule has 0 radical (unpaired) electrons. The molecule has 4 heterocycles. The summed E-state index contributed by atoms with van der Waals surface area (Å²) in [5.74, 6) is 1.43. The predicted molar refractivity (Wildman–Crippen MR) is 237 cm³/mol. The molecule has 0 spiro atoms. The molecule has 2 N–H and O–H groups in total. The highest BCUT2D eigenvalue weighted by atomic mass is 19.4. The number of likely N-dealkylation sites (tertiary alicyclic amines) is 1. The number of piperidine rings is 1. The van der Waals surface area contributed by atoms with Gasteiger partial charge in [-0.15, -0.1) is 13.2 Å². The molecule has 12 heteroatoms. The Balaban J connectivity index is 0.786. The van der Waals surface area contributed by atoms with Gasteiger partial charge in [0.25, 0.3) is 5.91 Å². The second-order valence-electron chi connectivity index (χ2n) is 17.3. The number of amides is 1. The summed E-state index contributed by atoms with van der Waals surface area (Å²) in [7, 11) is 0. The van der Waals surface area contributed by atoms with Gasteiger partial charge in [0.2, 0.25) is 5.95 Å². The van der Waals surface area contributed by atoms with Crippen LogP contribution in [0, 0.1) is 5.92 Å². The number of carbonyl (C=O) groups is 1. The molecule has 0 unspecified atom stereocenters. The largest absolute Gasteiger partial charge is 0.573 e. The van der Waals surface area contributed by atoms with Gasteiger partial charge in [0.1, 0.15) is 11.5 Å². The van der Waals surface area contributed by atoms with Crippen molar-refractivity contribution in [2.24, 2.45) is 5.92 Å². The summed E-state index contributed by atoms with van der Waals surface area (Å²) in [6.45, 7) is 4.82. The third-order valence-corrected chi connectivity index (χ3v) is 13.4. The summed E-state index contributed by atoms with van der Waals surface area (Å²) in [6.07, 6.45) is 0.362. The maximum absolute atomic E-state index is 13.1. The van der Waals surface area contributed by atoms with E-state index in [1.807, 2.05) is 47.0 Å². The maximum Gasteiger partial charge on any atom is 0.573 e. The first-order valence-corrected chi connectivity index (χ1v) is 22.0. The number of alkyl halides is 3. The van der Waals surface area contributed by atoms with E-state index in [4.69, 9.17) is 10.1 Å². The lowest BCUT2D eigenvalue weighted by atomic mass is 9.69. The summed E-state index contributed by atoms with van der Waals surface area (Å²) in [5.41, 5.74) is 8.71. The van der Waals surface area contributed by atoms with Crippen molar-refractivity contribution in [3.05, 3.63) is 166 Å². The Morgan fingerprint density at radius 3 is 2.35 bits per heavy atom. The normalized spacial score (nSPS) is 19.7. The van der Waals surface area contributed by atoms with Crippen molar-refractivity contribution in [3.63, 3.8) is 0 Å². The van der Waals surface area contributed by atoms with E-state index in [-0.39, 0.29) is 18.0 Å². The van der Waals surface area contributed by atoms with Crippen molar-refractivity contribution in [2.75, 3.05) is 37.6 Å². The molecular weight excluding hydrogens is 802 g/mol. The lowest BCUT2D eigenvalue weighted by molar-refractivity contribution is -0.274. The summed E-state index contributed by atoms with van der Waals surface area (Å²) in [4.78, 5) is 23.0. The number of nitrogens with one attached hydrogen (secondary N) is 1. The van der Waals surface area contributed by atoms with Crippen LogP contribution in [-0.4, -0.2) is 69.6 Å². The molecule has 10 rings (SSSR count). The average molecular weight is 851 g/mol. The highest BCUT2D eigenvalue weighted by Crippen LogP contribution is 2.47. The molecule has 9 nitrogen and oxygen atoms in total. The Kier molecular flexibility index (Phi) is 11.0. The van der Waals surface area contributed by atoms with E-state index >= 15 is 0 Å². The zero-order valence-corrected chi connectivity index (χ0v) is 34.8. The molecule has 2 fully saturated rings. The number of ether oxygens (including phenoxy) is 1. The Morgan fingerprint density at radius 1 is 0.794 bits per heavy atom. The Bertz CT molecular complexity index is 2750. The second kappa shape index (κ2) is 17.0. The zero-order valence-electron chi connectivity index (χ0n) is 34.8. The number of aromatic nitrogens is 3. The molecule has 63 heavy (non-hydrogen) atoms. The standard InChI is InChI=1S/C51H49F3N6O3/c52-51(53,54)63-47-13-7-5-11-44(47)49(62)55-30-39-29-46-43-10-4-6-12-45(43)56-50(60(46)57-39)59-27-22-33(32-59)31-58-25-23-35(24-26-58)34-14-16-37(17-15-34)48-41(36-8-2-1-3-9-36)20-18-38-28-40(61)19-21-42(38)48/h1-17,19,21,28-29,33,35,41,48,61H,18,20,22-27,30-32H2,(H,55,62)/t33-,41+,48-/m0/s1. The first kappa shape index (κ1) is 40.7. The van der Waals surface area contributed by atoms with Gasteiger partial charge >= 0.3 is 6.36 Å². The van der Waals surface area contributed by atoms with Crippen LogP contribution in [0.3, 0.4) is 0 Å². The molecule has 0 bridgehead atoms. The van der Waals surface area contributed by atoms with Crippen LogP contribution < -0.4 is 15.0 Å². The minimum Gasteiger partial charge on any atom is -0.508 e. The molecule has 322 valence electrons. The van der Waals surface area contributed by atoms with Crippen molar-refractivity contribution in [1.29, 1.82) is 0 Å². The number of fused-ring (bicyclic) bond motifs is 4. The van der Waals surface area contributed by atoms with Crippen LogP contribution in [-0.2, 0) is 13.0 Å². The lowest BCUT2D eigenvalue weighted by Crippen LogP contribution is -2.37. The van der Waals surface area contributed by atoms with E-state index in [0.717, 1.165) is 93.3 Å². The zero-order chi connectivity index (χ0) is 43.1. The molecule has 3 aliphatic rings. The smallest absolute Gasteiger partial charge is 0.508 e. The summed E-state index contributed by atoms with van der Waals surface area (Å²) >= 11 is 0. The summed E-state index contributed by atoms with van der Waals surface area (Å²) in [6, 6.07) is 41.3. The fourth-order valence-electron chi connectivity index (χ4n) is 10.4. The van der Waals surface area contributed by atoms with Gasteiger partial charge in [0, 0.05) is 30.9 Å². The summed E-state index contributed by atoms with van der Waals surface area (Å²) in [5, 5.41) is 18.8. The van der Waals surface area contributed by atoms with E-state index in [2.05, 4.69) is 80.5 Å². The molecule has 1 amide bonds. The molecular formula is C51H49F3N6O3. The number of hydrogen-bond donors (Lipinski definition) is 2. The number of phenols is 1. The maximum atomic E-state index is 13.1. The number of phenolic OH excluding ortho intramolecular Hbond substituents is 1. The van der Waals surface area contributed by atoms with Gasteiger partial charge in [-0.2, -0.15) is 9.61 Å². The highest BCUT2D eigenvalue weighted by molar-refractivity contribution is 5.97.